The van der Waals surface area contributed by atoms with Gasteiger partial charge in [-0.3, -0.25) is 28.0 Å². The van der Waals surface area contributed by atoms with Crippen molar-refractivity contribution in [3.05, 3.63) is 45.3 Å². The topological polar surface area (TPSA) is 231 Å². The highest BCUT2D eigenvalue weighted by Gasteiger charge is 2.49. The van der Waals surface area contributed by atoms with Gasteiger partial charge in [-0.1, -0.05) is 0 Å². The summed E-state index contributed by atoms with van der Waals surface area (Å²) in [5.74, 6) is 0.185. The summed E-state index contributed by atoms with van der Waals surface area (Å²) in [7, 11) is -2.61. The Labute approximate surface area is 250 Å². The summed E-state index contributed by atoms with van der Waals surface area (Å²) in [4.78, 5) is 39.0. The zero-order valence-corrected chi connectivity index (χ0v) is 25.0. The lowest BCUT2D eigenvalue weighted by Crippen LogP contribution is -2.36. The Balaban J connectivity index is 1.20. The standard InChI is InChI=1S/C25H35N8O10P/c1-13-8-32(25(37)30-23(13)36)17-7-14(15(9-34)41-17)43-44(38,31-5-3-4-6-31)40-10-16-19(35)20(39-2)24(42-16)33-12-29-18-21(26)27-11-28-22(18)33/h8,11-12,14-17,19-20,24,34-35H,3-7,9-10H2,1-2H3,(H2,26,27,28)(H,30,36,37). The number of fused-ring (bicyclic) bond motifs is 1. The second-order valence-corrected chi connectivity index (χ2v) is 12.9. The van der Waals surface area contributed by atoms with Crippen molar-refractivity contribution in [3.63, 3.8) is 0 Å². The second-order valence-electron chi connectivity index (χ2n) is 10.9. The first kappa shape index (κ1) is 30.9. The lowest BCUT2D eigenvalue weighted by Gasteiger charge is -2.30. The molecule has 3 aliphatic rings. The zero-order chi connectivity index (χ0) is 31.2. The van der Waals surface area contributed by atoms with Gasteiger partial charge in [-0.15, -0.1) is 0 Å². The van der Waals surface area contributed by atoms with Crippen molar-refractivity contribution < 1.29 is 38.0 Å². The molecule has 0 aromatic carbocycles. The third-order valence-corrected chi connectivity index (χ3v) is 10.3. The molecule has 44 heavy (non-hydrogen) atoms. The van der Waals surface area contributed by atoms with Crippen LogP contribution < -0.4 is 17.0 Å². The van der Waals surface area contributed by atoms with Crippen molar-refractivity contribution in [3.8, 4) is 0 Å². The summed E-state index contributed by atoms with van der Waals surface area (Å²) >= 11 is 0. The fraction of sp³-hybridized carbons (Fsp3) is 0.640. The van der Waals surface area contributed by atoms with Gasteiger partial charge in [-0.2, -0.15) is 0 Å². The maximum atomic E-state index is 14.4. The predicted molar refractivity (Wildman–Crippen MR) is 151 cm³/mol. The van der Waals surface area contributed by atoms with Crippen molar-refractivity contribution in [2.75, 3.05) is 39.1 Å². The number of H-pyrrole nitrogens is 1. The van der Waals surface area contributed by atoms with Crippen molar-refractivity contribution in [2.24, 2.45) is 0 Å². The van der Waals surface area contributed by atoms with Crippen molar-refractivity contribution in [1.29, 1.82) is 0 Å². The van der Waals surface area contributed by atoms with E-state index in [9.17, 15) is 24.4 Å². The highest BCUT2D eigenvalue weighted by Crippen LogP contribution is 2.57. The van der Waals surface area contributed by atoms with Crippen LogP contribution in [0.3, 0.4) is 0 Å². The molecule has 6 heterocycles. The lowest BCUT2D eigenvalue weighted by atomic mass is 10.1. The van der Waals surface area contributed by atoms with Gasteiger partial charge >= 0.3 is 13.4 Å². The number of ether oxygens (including phenoxy) is 3. The van der Waals surface area contributed by atoms with Gasteiger partial charge < -0.3 is 30.2 Å². The van der Waals surface area contributed by atoms with E-state index < -0.39 is 68.6 Å². The van der Waals surface area contributed by atoms with Crippen LogP contribution in [0.4, 0.5) is 5.82 Å². The molecule has 0 radical (unpaired) electrons. The third kappa shape index (κ3) is 5.61. The molecule has 0 aliphatic carbocycles. The first-order chi connectivity index (χ1) is 21.1. The number of aromatic amines is 1. The highest BCUT2D eigenvalue weighted by atomic mass is 31.2. The molecule has 6 rings (SSSR count). The first-order valence-corrected chi connectivity index (χ1v) is 15.7. The molecule has 8 unspecified atom stereocenters. The number of hydrogen-bond acceptors (Lipinski definition) is 14. The Morgan fingerprint density at radius 3 is 2.66 bits per heavy atom. The third-order valence-electron chi connectivity index (χ3n) is 8.16. The largest absolute Gasteiger partial charge is 0.408 e. The molecular weight excluding hydrogens is 603 g/mol. The normalized spacial score (nSPS) is 30.8. The summed E-state index contributed by atoms with van der Waals surface area (Å²) < 4.78 is 48.5. The molecule has 240 valence electrons. The number of aliphatic hydroxyl groups is 2. The molecule has 0 bridgehead atoms. The molecule has 3 aliphatic heterocycles. The van der Waals surface area contributed by atoms with E-state index in [0.29, 0.717) is 29.8 Å². The SMILES string of the molecule is COC1C(O)C(COP(=O)(OC2CC(n3cc(C)c(=O)[nH]c3=O)OC2CO)N2CCCC2)OC1n1cnc2c(N)ncnc21. The first-order valence-electron chi connectivity index (χ1n) is 14.2. The molecule has 3 aromatic rings. The fourth-order valence-corrected chi connectivity index (χ4v) is 7.83. The number of aromatic nitrogens is 6. The van der Waals surface area contributed by atoms with Gasteiger partial charge in [-0.05, 0) is 19.8 Å². The van der Waals surface area contributed by atoms with Gasteiger partial charge in [0, 0.05) is 38.4 Å². The number of nitrogen functional groups attached to an aromatic ring is 1. The molecule has 0 amide bonds. The van der Waals surface area contributed by atoms with Crippen LogP contribution in [0.5, 0.6) is 0 Å². The summed E-state index contributed by atoms with van der Waals surface area (Å²) in [6.45, 7) is 1.63. The summed E-state index contributed by atoms with van der Waals surface area (Å²) in [5, 5.41) is 21.2. The average molecular weight is 639 g/mol. The summed E-state index contributed by atoms with van der Waals surface area (Å²) in [6.07, 6.45) is -0.932. The molecule has 18 nitrogen and oxygen atoms in total. The molecular formula is C25H35N8O10P. The maximum absolute atomic E-state index is 14.4. The Bertz CT molecular complexity index is 1660. The molecule has 0 spiro atoms. The van der Waals surface area contributed by atoms with E-state index >= 15 is 0 Å². The Hall–Kier alpha value is -3.06. The van der Waals surface area contributed by atoms with Gasteiger partial charge in [0.25, 0.3) is 5.56 Å². The van der Waals surface area contributed by atoms with Crippen LogP contribution in [-0.2, 0) is 27.8 Å². The number of anilines is 1. The second kappa shape index (κ2) is 12.4. The number of nitrogens with two attached hydrogens (primary N) is 1. The van der Waals surface area contributed by atoms with Crippen molar-refractivity contribution >= 4 is 24.7 Å². The number of aliphatic hydroxyl groups excluding tert-OH is 2. The average Bonchev–Trinajstić information content (AvgIpc) is 3.80. The molecule has 5 N–H and O–H groups in total. The van der Waals surface area contributed by atoms with Gasteiger partial charge in [0.05, 0.1) is 19.5 Å². The zero-order valence-electron chi connectivity index (χ0n) is 24.1. The van der Waals surface area contributed by atoms with Crippen LogP contribution in [-0.4, -0.2) is 108 Å². The van der Waals surface area contributed by atoms with E-state index in [1.165, 1.54) is 30.5 Å². The summed E-state index contributed by atoms with van der Waals surface area (Å²) in [6, 6.07) is 0. The van der Waals surface area contributed by atoms with Crippen LogP contribution in [0.1, 0.15) is 37.3 Å². The van der Waals surface area contributed by atoms with Gasteiger partial charge in [-0.25, -0.2) is 29.0 Å². The van der Waals surface area contributed by atoms with Crippen LogP contribution in [0, 0.1) is 6.92 Å². The van der Waals surface area contributed by atoms with E-state index in [-0.39, 0.29) is 18.8 Å². The molecule has 3 aromatic heterocycles. The monoisotopic (exact) mass is 638 g/mol. The number of nitrogens with one attached hydrogen (secondary N) is 1. The van der Waals surface area contributed by atoms with E-state index in [4.69, 9.17) is 29.0 Å². The maximum Gasteiger partial charge on any atom is 0.408 e. The number of aryl methyl sites for hydroxylation is 1. The van der Waals surface area contributed by atoms with E-state index in [1.54, 1.807) is 16.2 Å². The lowest BCUT2D eigenvalue weighted by molar-refractivity contribution is -0.0614. The minimum Gasteiger partial charge on any atom is -0.394 e. The smallest absolute Gasteiger partial charge is 0.394 e. The van der Waals surface area contributed by atoms with E-state index in [2.05, 4.69) is 19.9 Å². The Kier molecular flexibility index (Phi) is 8.71. The Morgan fingerprint density at radius 2 is 1.93 bits per heavy atom. The minimum atomic E-state index is -4.04. The van der Waals surface area contributed by atoms with Crippen molar-refractivity contribution in [2.45, 2.75) is 69.2 Å². The number of rotatable bonds is 10. The Morgan fingerprint density at radius 1 is 1.16 bits per heavy atom. The minimum absolute atomic E-state index is 0.0485. The number of nitrogens with zero attached hydrogens (tertiary/aromatic N) is 6. The quantitative estimate of drug-likeness (QED) is 0.204. The van der Waals surface area contributed by atoms with E-state index in [1.807, 2.05) is 0 Å². The molecule has 8 atom stereocenters. The molecule has 3 saturated heterocycles. The molecule has 19 heteroatoms. The van der Waals surface area contributed by atoms with Crippen LogP contribution in [0.25, 0.3) is 11.2 Å². The van der Waals surface area contributed by atoms with Crippen LogP contribution in [0.2, 0.25) is 0 Å². The number of hydrogen-bond donors (Lipinski definition) is 4. The number of imidazole rings is 1. The van der Waals surface area contributed by atoms with Crippen molar-refractivity contribution in [1.82, 2.24) is 33.7 Å². The summed E-state index contributed by atoms with van der Waals surface area (Å²) in [5.41, 5.74) is 5.76. The van der Waals surface area contributed by atoms with Gasteiger partial charge in [0.1, 0.15) is 48.6 Å². The van der Waals surface area contributed by atoms with Crippen LogP contribution >= 0.6 is 7.75 Å². The molecule has 0 saturated carbocycles. The highest BCUT2D eigenvalue weighted by molar-refractivity contribution is 7.51. The van der Waals surface area contributed by atoms with Crippen LogP contribution in [0.15, 0.2) is 28.4 Å². The molecule has 3 fully saturated rings. The fourth-order valence-electron chi connectivity index (χ4n) is 5.80. The predicted octanol–water partition coefficient (Wildman–Crippen LogP) is -0.574. The van der Waals surface area contributed by atoms with Gasteiger partial charge in [0.2, 0.25) is 0 Å². The number of methoxy groups -OCH3 is 1. The van der Waals surface area contributed by atoms with E-state index in [0.717, 1.165) is 12.8 Å². The van der Waals surface area contributed by atoms with Gasteiger partial charge in [0.15, 0.2) is 17.7 Å².